The van der Waals surface area contributed by atoms with E-state index in [1.54, 1.807) is 11.8 Å². The lowest BCUT2D eigenvalue weighted by Gasteiger charge is -2.12. The zero-order chi connectivity index (χ0) is 20.2. The quantitative estimate of drug-likeness (QED) is 0.411. The zero-order valence-electron chi connectivity index (χ0n) is 16.3. The fraction of sp³-hybridized carbons (Fsp3) is 0.174. The van der Waals surface area contributed by atoms with E-state index in [-0.39, 0.29) is 0 Å². The van der Waals surface area contributed by atoms with E-state index in [9.17, 15) is 0 Å². The zero-order valence-corrected chi connectivity index (χ0v) is 17.0. The van der Waals surface area contributed by atoms with E-state index in [1.165, 1.54) is 0 Å². The Morgan fingerprint density at radius 3 is 2.34 bits per heavy atom. The van der Waals surface area contributed by atoms with Crippen LogP contribution in [0.3, 0.4) is 0 Å². The predicted molar refractivity (Wildman–Crippen MR) is 115 cm³/mol. The maximum absolute atomic E-state index is 6.22. The molecule has 0 unspecified atom stereocenters. The Balaban J connectivity index is 1.68. The van der Waals surface area contributed by atoms with Gasteiger partial charge < -0.3 is 14.3 Å². The van der Waals surface area contributed by atoms with Gasteiger partial charge in [-0.1, -0.05) is 23.7 Å². The van der Waals surface area contributed by atoms with Crippen LogP contribution in [0, 0.1) is 0 Å². The molecule has 6 heteroatoms. The molecular formula is C23H21ClN2O3. The summed E-state index contributed by atoms with van der Waals surface area (Å²) in [7, 11) is 1.65. The Bertz CT molecular complexity index is 1110. The van der Waals surface area contributed by atoms with Gasteiger partial charge in [0.05, 0.1) is 19.2 Å². The van der Waals surface area contributed by atoms with Crippen molar-refractivity contribution >= 4 is 22.6 Å². The van der Waals surface area contributed by atoms with E-state index < -0.39 is 0 Å². The lowest BCUT2D eigenvalue weighted by atomic mass is 10.2. The average molecular weight is 409 g/mol. The molecule has 1 heterocycles. The minimum atomic E-state index is 0.382. The van der Waals surface area contributed by atoms with Crippen LogP contribution >= 0.6 is 11.6 Å². The molecule has 0 N–H and O–H groups in total. The van der Waals surface area contributed by atoms with Gasteiger partial charge in [0.25, 0.3) is 0 Å². The summed E-state index contributed by atoms with van der Waals surface area (Å²) in [6.07, 6.45) is 0. The summed E-state index contributed by atoms with van der Waals surface area (Å²) < 4.78 is 12.5. The van der Waals surface area contributed by atoms with Gasteiger partial charge in [-0.2, -0.15) is 4.73 Å². The van der Waals surface area contributed by atoms with Crippen molar-refractivity contribution in [2.75, 3.05) is 13.7 Å². The smallest absolute Gasteiger partial charge is 0.176 e. The molecule has 0 radical (unpaired) electrons. The number of hydrogen-bond donors (Lipinski definition) is 0. The second-order valence-corrected chi connectivity index (χ2v) is 6.88. The van der Waals surface area contributed by atoms with Crippen molar-refractivity contribution in [2.24, 2.45) is 0 Å². The molecular weight excluding hydrogens is 388 g/mol. The predicted octanol–water partition coefficient (Wildman–Crippen LogP) is 5.39. The van der Waals surface area contributed by atoms with Crippen LogP contribution in [0.1, 0.15) is 12.5 Å². The Hall–Kier alpha value is -3.18. The number of fused-ring (bicyclic) bond motifs is 1. The highest BCUT2D eigenvalue weighted by molar-refractivity contribution is 6.31. The third kappa shape index (κ3) is 4.15. The first-order valence-electron chi connectivity index (χ1n) is 9.35. The third-order valence-electron chi connectivity index (χ3n) is 4.52. The SMILES string of the molecule is CCOc1ccc(COn2c(-c3ccc(OC)cc3)nc3ccc(Cl)cc32)cc1. The highest BCUT2D eigenvalue weighted by atomic mass is 35.5. The van der Waals surface area contributed by atoms with E-state index in [1.807, 2.05) is 73.7 Å². The van der Waals surface area contributed by atoms with E-state index in [0.717, 1.165) is 33.7 Å². The van der Waals surface area contributed by atoms with Gasteiger partial charge in [-0.05, 0) is 67.1 Å². The highest BCUT2D eigenvalue weighted by Crippen LogP contribution is 2.27. The van der Waals surface area contributed by atoms with Gasteiger partial charge in [-0.15, -0.1) is 0 Å². The summed E-state index contributed by atoms with van der Waals surface area (Å²) in [6.45, 7) is 2.99. The summed E-state index contributed by atoms with van der Waals surface area (Å²) >= 11 is 6.22. The minimum absolute atomic E-state index is 0.382. The van der Waals surface area contributed by atoms with E-state index in [2.05, 4.69) is 0 Å². The van der Waals surface area contributed by atoms with Crippen LogP contribution in [-0.4, -0.2) is 23.4 Å². The van der Waals surface area contributed by atoms with Crippen LogP contribution in [0.15, 0.2) is 66.7 Å². The molecule has 0 saturated carbocycles. The largest absolute Gasteiger partial charge is 0.497 e. The molecule has 0 fully saturated rings. The molecule has 4 aromatic rings. The second kappa shape index (κ2) is 8.45. The van der Waals surface area contributed by atoms with Gasteiger partial charge in [-0.3, -0.25) is 0 Å². The summed E-state index contributed by atoms with van der Waals surface area (Å²) in [6, 6.07) is 21.1. The summed E-state index contributed by atoms with van der Waals surface area (Å²) in [4.78, 5) is 10.9. The van der Waals surface area contributed by atoms with Crippen molar-refractivity contribution < 1.29 is 14.3 Å². The fourth-order valence-corrected chi connectivity index (χ4v) is 3.23. The van der Waals surface area contributed by atoms with Gasteiger partial charge in [0, 0.05) is 10.6 Å². The molecule has 0 spiro atoms. The van der Waals surface area contributed by atoms with Crippen LogP contribution in [0.2, 0.25) is 5.02 Å². The molecule has 1 aromatic heterocycles. The van der Waals surface area contributed by atoms with Gasteiger partial charge >= 0.3 is 0 Å². The number of hydrogen-bond acceptors (Lipinski definition) is 4. The summed E-state index contributed by atoms with van der Waals surface area (Å²) in [5.41, 5.74) is 3.57. The standard InChI is InChI=1S/C23H21ClN2O3/c1-3-28-20-9-4-16(5-10-20)15-29-26-22-14-18(24)8-13-21(22)25-23(26)17-6-11-19(27-2)12-7-17/h4-14H,3,15H2,1-2H3. The van der Waals surface area contributed by atoms with Gasteiger partial charge in [0.1, 0.15) is 23.6 Å². The lowest BCUT2D eigenvalue weighted by molar-refractivity contribution is 0.110. The molecule has 5 nitrogen and oxygen atoms in total. The maximum atomic E-state index is 6.22. The van der Waals surface area contributed by atoms with Crippen molar-refractivity contribution in [3.05, 3.63) is 77.3 Å². The Kier molecular flexibility index (Phi) is 5.58. The number of nitrogens with zero attached hydrogens (tertiary/aromatic N) is 2. The summed E-state index contributed by atoms with van der Waals surface area (Å²) in [5.74, 6) is 2.33. The van der Waals surface area contributed by atoms with E-state index >= 15 is 0 Å². The Morgan fingerprint density at radius 2 is 1.66 bits per heavy atom. The molecule has 29 heavy (non-hydrogen) atoms. The third-order valence-corrected chi connectivity index (χ3v) is 4.75. The molecule has 0 aliphatic rings. The van der Waals surface area contributed by atoms with Gasteiger partial charge in [-0.25, -0.2) is 4.98 Å². The van der Waals surface area contributed by atoms with Crippen LogP contribution in [0.4, 0.5) is 0 Å². The number of halogens is 1. The normalized spacial score (nSPS) is 10.9. The monoisotopic (exact) mass is 408 g/mol. The van der Waals surface area contributed by atoms with Crippen LogP contribution in [0.25, 0.3) is 22.4 Å². The molecule has 0 atom stereocenters. The maximum Gasteiger partial charge on any atom is 0.176 e. The molecule has 0 saturated heterocycles. The first-order chi connectivity index (χ1) is 14.2. The lowest BCUT2D eigenvalue weighted by Crippen LogP contribution is -2.12. The molecule has 3 aromatic carbocycles. The minimum Gasteiger partial charge on any atom is -0.497 e. The molecule has 0 bridgehead atoms. The number of aromatic nitrogens is 2. The molecule has 0 amide bonds. The van der Waals surface area contributed by atoms with Gasteiger partial charge in [0.2, 0.25) is 0 Å². The molecule has 0 aliphatic heterocycles. The van der Waals surface area contributed by atoms with E-state index in [4.69, 9.17) is 30.9 Å². The Morgan fingerprint density at radius 1 is 0.931 bits per heavy atom. The van der Waals surface area contributed by atoms with E-state index in [0.29, 0.717) is 24.1 Å². The Labute approximate surface area is 174 Å². The second-order valence-electron chi connectivity index (χ2n) is 6.44. The van der Waals surface area contributed by atoms with Crippen molar-refractivity contribution in [2.45, 2.75) is 13.5 Å². The topological polar surface area (TPSA) is 45.5 Å². The van der Waals surface area contributed by atoms with Crippen LogP contribution in [-0.2, 0) is 6.61 Å². The number of rotatable bonds is 7. The number of methoxy groups -OCH3 is 1. The highest BCUT2D eigenvalue weighted by Gasteiger charge is 2.15. The first-order valence-corrected chi connectivity index (χ1v) is 9.73. The summed E-state index contributed by atoms with van der Waals surface area (Å²) in [5, 5.41) is 0.629. The van der Waals surface area contributed by atoms with Crippen molar-refractivity contribution in [1.29, 1.82) is 0 Å². The van der Waals surface area contributed by atoms with Crippen LogP contribution in [0.5, 0.6) is 11.5 Å². The van der Waals surface area contributed by atoms with Crippen LogP contribution < -0.4 is 14.3 Å². The molecule has 0 aliphatic carbocycles. The van der Waals surface area contributed by atoms with Gasteiger partial charge in [0.15, 0.2) is 5.82 Å². The first kappa shape index (κ1) is 19.2. The molecule has 4 rings (SSSR count). The number of imidazole rings is 1. The van der Waals surface area contributed by atoms with Crippen molar-refractivity contribution in [3.63, 3.8) is 0 Å². The number of benzene rings is 3. The molecule has 148 valence electrons. The van der Waals surface area contributed by atoms with Crippen molar-refractivity contribution in [3.8, 4) is 22.9 Å². The average Bonchev–Trinajstić information content (AvgIpc) is 3.11. The van der Waals surface area contributed by atoms with Crippen molar-refractivity contribution in [1.82, 2.24) is 9.71 Å². The fourth-order valence-electron chi connectivity index (χ4n) is 3.07. The number of ether oxygens (including phenoxy) is 2.